The molecule has 100 valence electrons. The largest absolute Gasteiger partial charge is 0.0798 e. The number of rotatable bonds is 2. The van der Waals surface area contributed by atoms with E-state index >= 15 is 0 Å². The Morgan fingerprint density at radius 2 is 1.65 bits per heavy atom. The predicted octanol–water partition coefficient (Wildman–Crippen LogP) is 5.70. The van der Waals surface area contributed by atoms with Crippen LogP contribution in [0.1, 0.15) is 30.0 Å². The predicted molar refractivity (Wildman–Crippen MR) is 87.7 cm³/mol. The third-order valence-corrected chi connectivity index (χ3v) is 4.07. The quantitative estimate of drug-likeness (QED) is 0.649. The van der Waals surface area contributed by atoms with Crippen molar-refractivity contribution in [1.82, 2.24) is 0 Å². The Morgan fingerprint density at radius 1 is 0.850 bits per heavy atom. The molecule has 1 aliphatic rings. The molecule has 0 radical (unpaired) electrons. The molecule has 0 amide bonds. The van der Waals surface area contributed by atoms with Crippen LogP contribution >= 0.6 is 0 Å². The molecule has 0 N–H and O–H groups in total. The molecule has 0 bridgehead atoms. The standard InChI is InChI=1S/C20H20/c1-14-6-4-8-17(12-14)18-10-11-20(16(3)13-18)19-9-5-7-15(19)2/h4-8,10-13H,9H2,1-3H3. The molecule has 3 rings (SSSR count). The lowest BCUT2D eigenvalue weighted by Crippen LogP contribution is -1.90. The Morgan fingerprint density at radius 3 is 2.30 bits per heavy atom. The maximum atomic E-state index is 2.31. The Labute approximate surface area is 121 Å². The summed E-state index contributed by atoms with van der Waals surface area (Å²) in [4.78, 5) is 0. The van der Waals surface area contributed by atoms with E-state index in [0.717, 1.165) is 6.42 Å². The van der Waals surface area contributed by atoms with E-state index in [1.165, 1.54) is 39.0 Å². The normalized spacial score (nSPS) is 14.2. The molecule has 2 aromatic carbocycles. The van der Waals surface area contributed by atoms with Crippen LogP contribution in [-0.2, 0) is 0 Å². The van der Waals surface area contributed by atoms with Gasteiger partial charge in [-0.3, -0.25) is 0 Å². The van der Waals surface area contributed by atoms with Gasteiger partial charge in [-0.25, -0.2) is 0 Å². The summed E-state index contributed by atoms with van der Waals surface area (Å²) in [5.74, 6) is 0. The van der Waals surface area contributed by atoms with E-state index < -0.39 is 0 Å². The highest BCUT2D eigenvalue weighted by Crippen LogP contribution is 2.32. The third-order valence-electron chi connectivity index (χ3n) is 4.07. The van der Waals surface area contributed by atoms with Crippen LogP contribution in [0.5, 0.6) is 0 Å². The minimum Gasteiger partial charge on any atom is -0.0798 e. The monoisotopic (exact) mass is 260 g/mol. The first-order chi connectivity index (χ1) is 9.65. The van der Waals surface area contributed by atoms with Crippen LogP contribution in [0.2, 0.25) is 0 Å². The molecule has 0 aromatic heterocycles. The van der Waals surface area contributed by atoms with E-state index in [9.17, 15) is 0 Å². The average Bonchev–Trinajstić information content (AvgIpc) is 2.85. The van der Waals surface area contributed by atoms with Crippen molar-refractivity contribution in [3.05, 3.63) is 76.9 Å². The molecular weight excluding hydrogens is 240 g/mol. The van der Waals surface area contributed by atoms with Crippen molar-refractivity contribution in [2.24, 2.45) is 0 Å². The van der Waals surface area contributed by atoms with Gasteiger partial charge in [-0.1, -0.05) is 60.2 Å². The smallest absolute Gasteiger partial charge is 0.00856 e. The fraction of sp³-hybridized carbons (Fsp3) is 0.200. The third kappa shape index (κ3) is 2.34. The van der Waals surface area contributed by atoms with E-state index in [4.69, 9.17) is 0 Å². The summed E-state index contributed by atoms with van der Waals surface area (Å²) in [6.07, 6.45) is 5.54. The Bertz CT molecular complexity index is 715. The number of hydrogen-bond acceptors (Lipinski definition) is 0. The van der Waals surface area contributed by atoms with Crippen molar-refractivity contribution < 1.29 is 0 Å². The van der Waals surface area contributed by atoms with Crippen LogP contribution in [0, 0.1) is 13.8 Å². The molecule has 2 aromatic rings. The summed E-state index contributed by atoms with van der Waals surface area (Å²) in [7, 11) is 0. The Balaban J connectivity index is 2.02. The topological polar surface area (TPSA) is 0 Å². The van der Waals surface area contributed by atoms with Gasteiger partial charge in [0.1, 0.15) is 0 Å². The molecule has 0 heterocycles. The Hall–Kier alpha value is -2.08. The van der Waals surface area contributed by atoms with Gasteiger partial charge >= 0.3 is 0 Å². The van der Waals surface area contributed by atoms with Crippen LogP contribution in [0.25, 0.3) is 16.7 Å². The van der Waals surface area contributed by atoms with Crippen molar-refractivity contribution in [2.75, 3.05) is 0 Å². The van der Waals surface area contributed by atoms with Gasteiger partial charge in [0.2, 0.25) is 0 Å². The van der Waals surface area contributed by atoms with Gasteiger partial charge in [0.05, 0.1) is 0 Å². The molecular formula is C20H20. The molecule has 0 heteroatoms. The number of allylic oxidation sites excluding steroid dienone is 4. The molecule has 0 fully saturated rings. The SMILES string of the molecule is CC1=C(c2ccc(-c3cccc(C)c3)cc2C)CC=C1. The maximum Gasteiger partial charge on any atom is -0.00856 e. The fourth-order valence-corrected chi connectivity index (χ4v) is 2.94. The second kappa shape index (κ2) is 5.13. The van der Waals surface area contributed by atoms with Crippen molar-refractivity contribution in [2.45, 2.75) is 27.2 Å². The molecule has 0 spiro atoms. The summed E-state index contributed by atoms with van der Waals surface area (Å²) in [6.45, 7) is 6.56. The highest BCUT2D eigenvalue weighted by atomic mass is 14.2. The van der Waals surface area contributed by atoms with Gasteiger partial charge in [0.15, 0.2) is 0 Å². The average molecular weight is 260 g/mol. The molecule has 1 aliphatic carbocycles. The van der Waals surface area contributed by atoms with Crippen molar-refractivity contribution in [1.29, 1.82) is 0 Å². The van der Waals surface area contributed by atoms with Gasteiger partial charge in [-0.2, -0.15) is 0 Å². The van der Waals surface area contributed by atoms with E-state index in [-0.39, 0.29) is 0 Å². The van der Waals surface area contributed by atoms with Crippen molar-refractivity contribution in [3.8, 4) is 11.1 Å². The summed E-state index contributed by atoms with van der Waals surface area (Å²) in [6, 6.07) is 15.5. The van der Waals surface area contributed by atoms with E-state index in [2.05, 4.69) is 75.4 Å². The lowest BCUT2D eigenvalue weighted by atomic mass is 9.93. The second-order valence-corrected chi connectivity index (χ2v) is 5.67. The van der Waals surface area contributed by atoms with Crippen LogP contribution in [0.4, 0.5) is 0 Å². The molecule has 0 nitrogen and oxygen atoms in total. The second-order valence-electron chi connectivity index (χ2n) is 5.67. The van der Waals surface area contributed by atoms with E-state index in [1.807, 2.05) is 0 Å². The highest BCUT2D eigenvalue weighted by Gasteiger charge is 2.11. The zero-order valence-corrected chi connectivity index (χ0v) is 12.4. The lowest BCUT2D eigenvalue weighted by molar-refractivity contribution is 1.34. The van der Waals surface area contributed by atoms with Crippen LogP contribution < -0.4 is 0 Å². The molecule has 0 saturated heterocycles. The van der Waals surface area contributed by atoms with Gasteiger partial charge < -0.3 is 0 Å². The van der Waals surface area contributed by atoms with Gasteiger partial charge in [-0.15, -0.1) is 0 Å². The summed E-state index contributed by atoms with van der Waals surface area (Å²) in [5.41, 5.74) is 9.54. The number of benzene rings is 2. The number of aryl methyl sites for hydroxylation is 2. The first-order valence-corrected chi connectivity index (χ1v) is 7.19. The first kappa shape index (κ1) is 12.9. The zero-order valence-electron chi connectivity index (χ0n) is 12.4. The zero-order chi connectivity index (χ0) is 14.1. The van der Waals surface area contributed by atoms with Gasteiger partial charge in [0.25, 0.3) is 0 Å². The van der Waals surface area contributed by atoms with Crippen molar-refractivity contribution >= 4 is 5.57 Å². The van der Waals surface area contributed by atoms with Crippen LogP contribution in [0.15, 0.2) is 60.2 Å². The van der Waals surface area contributed by atoms with E-state index in [0.29, 0.717) is 0 Å². The molecule has 0 atom stereocenters. The molecule has 0 aliphatic heterocycles. The summed E-state index contributed by atoms with van der Waals surface area (Å²) < 4.78 is 0. The molecule has 0 saturated carbocycles. The van der Waals surface area contributed by atoms with E-state index in [1.54, 1.807) is 0 Å². The minimum atomic E-state index is 1.07. The van der Waals surface area contributed by atoms with Crippen LogP contribution in [-0.4, -0.2) is 0 Å². The minimum absolute atomic E-state index is 1.07. The fourth-order valence-electron chi connectivity index (χ4n) is 2.94. The van der Waals surface area contributed by atoms with Crippen LogP contribution in [0.3, 0.4) is 0 Å². The van der Waals surface area contributed by atoms with Crippen molar-refractivity contribution in [3.63, 3.8) is 0 Å². The number of hydrogen-bond donors (Lipinski definition) is 0. The first-order valence-electron chi connectivity index (χ1n) is 7.19. The maximum absolute atomic E-state index is 2.31. The van der Waals surface area contributed by atoms with Gasteiger partial charge in [0, 0.05) is 0 Å². The highest BCUT2D eigenvalue weighted by molar-refractivity contribution is 5.78. The Kier molecular flexibility index (Phi) is 3.31. The molecule has 0 unspecified atom stereocenters. The summed E-state index contributed by atoms with van der Waals surface area (Å²) >= 11 is 0. The lowest BCUT2D eigenvalue weighted by Gasteiger charge is -2.11. The molecule has 20 heavy (non-hydrogen) atoms. The van der Waals surface area contributed by atoms with Gasteiger partial charge in [-0.05, 0) is 60.6 Å². The summed E-state index contributed by atoms with van der Waals surface area (Å²) in [5, 5.41) is 0.